The third kappa shape index (κ3) is 3.06. The van der Waals surface area contributed by atoms with E-state index in [1.165, 1.54) is 49.0 Å². The summed E-state index contributed by atoms with van der Waals surface area (Å²) in [6.07, 6.45) is 13.1. The highest BCUT2D eigenvalue weighted by Gasteiger charge is 2.48. The van der Waals surface area contributed by atoms with E-state index in [1.807, 2.05) is 0 Å². The monoisotopic (exact) mass is 411 g/mol. The average Bonchev–Trinajstić information content (AvgIpc) is 3.09. The second-order valence-electron chi connectivity index (χ2n) is 9.91. The molecule has 0 spiro atoms. The maximum absolute atomic E-state index is 13.1. The summed E-state index contributed by atoms with van der Waals surface area (Å²) in [6, 6.07) is 0.372. The minimum Gasteiger partial charge on any atom is -0.353 e. The largest absolute Gasteiger partial charge is 0.353 e. The third-order valence-electron chi connectivity index (χ3n) is 8.08. The number of nitrogens with zero attached hydrogens (tertiary/aromatic N) is 2. The fourth-order valence-corrected chi connectivity index (χ4v) is 8.20. The molecular formula is C23H29N3O2S. The molecule has 2 aromatic rings. The highest BCUT2D eigenvalue weighted by molar-refractivity contribution is 7.18. The van der Waals surface area contributed by atoms with Crippen LogP contribution in [0.3, 0.4) is 0 Å². The van der Waals surface area contributed by atoms with Gasteiger partial charge in [0.1, 0.15) is 4.83 Å². The topological polar surface area (TPSA) is 64.0 Å². The summed E-state index contributed by atoms with van der Waals surface area (Å²) >= 11 is 1.68. The highest BCUT2D eigenvalue weighted by atomic mass is 32.1. The van der Waals surface area contributed by atoms with Crippen molar-refractivity contribution in [2.75, 3.05) is 0 Å². The SMILES string of the molecule is O=C(CCn1cnc2sc3c(c2c1=O)CCCC3)NC1C2CC3CC(C2)CC1C3. The van der Waals surface area contributed by atoms with Crippen molar-refractivity contribution >= 4 is 27.5 Å². The van der Waals surface area contributed by atoms with E-state index in [0.717, 1.165) is 41.3 Å². The van der Waals surface area contributed by atoms with Crippen LogP contribution in [0.2, 0.25) is 0 Å². The lowest BCUT2D eigenvalue weighted by atomic mass is 9.54. The Morgan fingerprint density at radius 3 is 2.59 bits per heavy atom. The van der Waals surface area contributed by atoms with Crippen molar-refractivity contribution in [3.63, 3.8) is 0 Å². The van der Waals surface area contributed by atoms with Gasteiger partial charge in [0.05, 0.1) is 11.7 Å². The van der Waals surface area contributed by atoms with E-state index >= 15 is 0 Å². The van der Waals surface area contributed by atoms with Crippen LogP contribution in [0.4, 0.5) is 0 Å². The van der Waals surface area contributed by atoms with Gasteiger partial charge in [0.25, 0.3) is 5.56 Å². The Labute approximate surface area is 174 Å². The summed E-state index contributed by atoms with van der Waals surface area (Å²) in [5.74, 6) is 3.31. The minimum absolute atomic E-state index is 0.0387. The van der Waals surface area contributed by atoms with Gasteiger partial charge in [-0.25, -0.2) is 4.98 Å². The predicted molar refractivity (Wildman–Crippen MR) is 114 cm³/mol. The molecule has 0 radical (unpaired) electrons. The van der Waals surface area contributed by atoms with Gasteiger partial charge in [-0.1, -0.05) is 0 Å². The van der Waals surface area contributed by atoms with Crippen LogP contribution in [0.25, 0.3) is 10.2 Å². The van der Waals surface area contributed by atoms with Gasteiger partial charge in [-0.2, -0.15) is 0 Å². The summed E-state index contributed by atoms with van der Waals surface area (Å²) in [6.45, 7) is 0.422. The zero-order valence-corrected chi connectivity index (χ0v) is 17.7. The van der Waals surface area contributed by atoms with Crippen LogP contribution < -0.4 is 10.9 Å². The number of hydrogen-bond acceptors (Lipinski definition) is 4. The molecule has 4 bridgehead atoms. The fraction of sp³-hybridized carbons (Fsp3) is 0.696. The molecule has 154 valence electrons. The van der Waals surface area contributed by atoms with Crippen LogP contribution in [0.15, 0.2) is 11.1 Å². The van der Waals surface area contributed by atoms with Crippen LogP contribution in [0.5, 0.6) is 0 Å². The molecule has 0 aliphatic heterocycles. The van der Waals surface area contributed by atoms with E-state index in [2.05, 4.69) is 10.3 Å². The Morgan fingerprint density at radius 2 is 1.83 bits per heavy atom. The normalized spacial score (nSPS) is 32.5. The van der Waals surface area contributed by atoms with Gasteiger partial charge in [0.15, 0.2) is 0 Å². The number of rotatable bonds is 4. The van der Waals surface area contributed by atoms with Crippen molar-refractivity contribution in [3.8, 4) is 0 Å². The number of amides is 1. The molecule has 7 rings (SSSR count). The number of hydrogen-bond donors (Lipinski definition) is 1. The molecule has 0 atom stereocenters. The van der Waals surface area contributed by atoms with Crippen LogP contribution in [0, 0.1) is 23.7 Å². The van der Waals surface area contributed by atoms with Crippen LogP contribution in [-0.4, -0.2) is 21.5 Å². The van der Waals surface area contributed by atoms with Gasteiger partial charge < -0.3 is 5.32 Å². The Morgan fingerprint density at radius 1 is 1.10 bits per heavy atom. The maximum atomic E-state index is 13.1. The summed E-state index contributed by atoms with van der Waals surface area (Å²) in [5.41, 5.74) is 1.26. The molecule has 6 heteroatoms. The first kappa shape index (κ1) is 18.1. The molecule has 5 aliphatic carbocycles. The van der Waals surface area contributed by atoms with Crippen LogP contribution >= 0.6 is 11.3 Å². The lowest BCUT2D eigenvalue weighted by Gasteiger charge is -2.54. The molecule has 29 heavy (non-hydrogen) atoms. The van der Waals surface area contributed by atoms with Gasteiger partial charge in [-0.15, -0.1) is 11.3 Å². The van der Waals surface area contributed by atoms with E-state index < -0.39 is 0 Å². The maximum Gasteiger partial charge on any atom is 0.262 e. The fourth-order valence-electron chi connectivity index (χ4n) is 6.98. The van der Waals surface area contributed by atoms with E-state index in [9.17, 15) is 9.59 Å². The number of carbonyl (C=O) groups excluding carboxylic acids is 1. The summed E-state index contributed by atoms with van der Waals surface area (Å²) in [7, 11) is 0. The van der Waals surface area contributed by atoms with Crippen LogP contribution in [-0.2, 0) is 24.2 Å². The molecule has 0 aromatic carbocycles. The summed E-state index contributed by atoms with van der Waals surface area (Å²) in [4.78, 5) is 32.5. The Kier molecular flexibility index (Phi) is 4.33. The molecule has 0 saturated heterocycles. The van der Waals surface area contributed by atoms with Crippen molar-refractivity contribution in [1.29, 1.82) is 0 Å². The van der Waals surface area contributed by atoms with Crippen molar-refractivity contribution in [1.82, 2.24) is 14.9 Å². The van der Waals surface area contributed by atoms with Gasteiger partial charge in [-0.05, 0) is 87.0 Å². The Bertz CT molecular complexity index is 995. The van der Waals surface area contributed by atoms with E-state index in [-0.39, 0.29) is 11.5 Å². The summed E-state index contributed by atoms with van der Waals surface area (Å²) in [5, 5.41) is 4.17. The third-order valence-corrected chi connectivity index (χ3v) is 9.28. The van der Waals surface area contributed by atoms with Crippen molar-refractivity contribution in [2.45, 2.75) is 76.8 Å². The molecule has 5 nitrogen and oxygen atoms in total. The van der Waals surface area contributed by atoms with Gasteiger partial charge in [0.2, 0.25) is 5.91 Å². The number of thiophene rings is 1. The van der Waals surface area contributed by atoms with Gasteiger partial charge in [-0.3, -0.25) is 14.2 Å². The molecule has 4 saturated carbocycles. The van der Waals surface area contributed by atoms with E-state index in [0.29, 0.717) is 30.8 Å². The standard InChI is InChI=1S/C23H29N3O2S/c27-19(25-21-15-8-13-7-14(10-15)11-16(21)9-13)5-6-26-12-24-22-20(23(26)28)17-3-1-2-4-18(17)29-22/h12-16,21H,1-11H2,(H,25,27). The number of fused-ring (bicyclic) bond motifs is 3. The second kappa shape index (κ2) is 6.93. The molecule has 2 heterocycles. The van der Waals surface area contributed by atoms with Gasteiger partial charge in [0, 0.05) is 23.9 Å². The number of carbonyl (C=O) groups is 1. The Hall–Kier alpha value is -1.69. The second-order valence-corrected chi connectivity index (χ2v) is 11.0. The zero-order valence-electron chi connectivity index (χ0n) is 16.9. The number of aromatic nitrogens is 2. The van der Waals surface area contributed by atoms with Crippen molar-refractivity contribution in [3.05, 3.63) is 27.1 Å². The first-order chi connectivity index (χ1) is 14.2. The lowest BCUT2D eigenvalue weighted by molar-refractivity contribution is -0.125. The van der Waals surface area contributed by atoms with Gasteiger partial charge >= 0.3 is 0 Å². The minimum atomic E-state index is 0.0387. The number of aryl methyl sites for hydroxylation is 3. The molecule has 0 unspecified atom stereocenters. The van der Waals surface area contributed by atoms with Crippen molar-refractivity contribution < 1.29 is 4.79 Å². The summed E-state index contributed by atoms with van der Waals surface area (Å²) < 4.78 is 1.65. The first-order valence-corrected chi connectivity index (χ1v) is 12.3. The lowest BCUT2D eigenvalue weighted by Crippen LogP contribution is -2.55. The highest BCUT2D eigenvalue weighted by Crippen LogP contribution is 2.53. The zero-order chi connectivity index (χ0) is 19.5. The molecule has 1 N–H and O–H groups in total. The van der Waals surface area contributed by atoms with Crippen molar-refractivity contribution in [2.24, 2.45) is 23.7 Å². The number of nitrogens with one attached hydrogen (secondary N) is 1. The predicted octanol–water partition coefficient (Wildman–Crippen LogP) is 3.67. The average molecular weight is 412 g/mol. The quantitative estimate of drug-likeness (QED) is 0.835. The molecule has 4 fully saturated rings. The first-order valence-electron chi connectivity index (χ1n) is 11.4. The van der Waals surface area contributed by atoms with E-state index in [4.69, 9.17) is 0 Å². The van der Waals surface area contributed by atoms with Crippen LogP contribution in [0.1, 0.15) is 61.8 Å². The van der Waals surface area contributed by atoms with E-state index in [1.54, 1.807) is 22.2 Å². The molecular weight excluding hydrogens is 382 g/mol. The Balaban J connectivity index is 1.15. The smallest absolute Gasteiger partial charge is 0.262 e. The molecule has 2 aromatic heterocycles. The molecule has 1 amide bonds. The molecule has 5 aliphatic rings.